The molecule has 6 heteroatoms. The van der Waals surface area contributed by atoms with E-state index in [1.165, 1.54) is 0 Å². The summed E-state index contributed by atoms with van der Waals surface area (Å²) in [5, 5.41) is 12.6. The van der Waals surface area contributed by atoms with E-state index in [0.717, 1.165) is 37.0 Å². The van der Waals surface area contributed by atoms with Crippen molar-refractivity contribution in [2.24, 2.45) is 16.1 Å². The number of aliphatic hydroxyl groups excluding tert-OH is 1. The Labute approximate surface area is 162 Å². The fraction of sp³-hybridized carbons (Fsp3) is 0.611. The standard InChI is InChI=1S/C18H29N3O2.HI/c1-3-18(4-2,10-11-22)13-20-17(19)21-15-9-12-23-16-8-6-5-7-14(15)16;/h5-8,15,22H,3-4,9-13H2,1-2H3,(H3,19,20,21);1H. The Morgan fingerprint density at radius 2 is 2.08 bits per heavy atom. The van der Waals surface area contributed by atoms with Gasteiger partial charge in [-0.05, 0) is 30.7 Å². The summed E-state index contributed by atoms with van der Waals surface area (Å²) in [5.41, 5.74) is 7.28. The highest BCUT2D eigenvalue weighted by atomic mass is 127. The SMILES string of the molecule is CCC(CC)(CCO)CN=C(N)NC1CCOc2ccccc21.I. The Morgan fingerprint density at radius 1 is 1.38 bits per heavy atom. The summed E-state index contributed by atoms with van der Waals surface area (Å²) in [6.45, 7) is 5.81. The van der Waals surface area contributed by atoms with Crippen molar-refractivity contribution in [1.82, 2.24) is 5.32 Å². The van der Waals surface area contributed by atoms with Crippen LogP contribution >= 0.6 is 24.0 Å². The number of hydrogen-bond donors (Lipinski definition) is 3. The first-order chi connectivity index (χ1) is 11.1. The molecule has 0 fully saturated rings. The van der Waals surface area contributed by atoms with Gasteiger partial charge in [0.2, 0.25) is 0 Å². The quantitative estimate of drug-likeness (QED) is 0.341. The van der Waals surface area contributed by atoms with Crippen LogP contribution in [0, 0.1) is 5.41 Å². The summed E-state index contributed by atoms with van der Waals surface area (Å²) >= 11 is 0. The van der Waals surface area contributed by atoms with Crippen molar-refractivity contribution in [3.05, 3.63) is 29.8 Å². The van der Waals surface area contributed by atoms with Crippen LogP contribution < -0.4 is 15.8 Å². The van der Waals surface area contributed by atoms with Gasteiger partial charge in [-0.25, -0.2) is 0 Å². The van der Waals surface area contributed by atoms with Crippen LogP contribution in [0.3, 0.4) is 0 Å². The Morgan fingerprint density at radius 3 is 2.75 bits per heavy atom. The van der Waals surface area contributed by atoms with Crippen molar-refractivity contribution in [1.29, 1.82) is 0 Å². The number of para-hydroxylation sites is 1. The monoisotopic (exact) mass is 447 g/mol. The molecular weight excluding hydrogens is 417 g/mol. The zero-order chi connectivity index (χ0) is 16.7. The summed E-state index contributed by atoms with van der Waals surface area (Å²) in [7, 11) is 0. The summed E-state index contributed by atoms with van der Waals surface area (Å²) in [5.74, 6) is 1.39. The highest BCUT2D eigenvalue weighted by Crippen LogP contribution is 2.32. The second-order valence-electron chi connectivity index (χ2n) is 6.25. The van der Waals surface area contributed by atoms with E-state index in [9.17, 15) is 5.11 Å². The number of hydrogen-bond acceptors (Lipinski definition) is 3. The zero-order valence-corrected chi connectivity index (χ0v) is 17.0. The van der Waals surface area contributed by atoms with E-state index in [2.05, 4.69) is 30.2 Å². The third-order valence-corrected chi connectivity index (χ3v) is 5.01. The fourth-order valence-electron chi connectivity index (χ4n) is 3.11. The summed E-state index contributed by atoms with van der Waals surface area (Å²) < 4.78 is 5.67. The molecule has 136 valence electrons. The second kappa shape index (κ2) is 10.1. The largest absolute Gasteiger partial charge is 0.493 e. The number of benzene rings is 1. The van der Waals surface area contributed by atoms with Gasteiger partial charge in [0.1, 0.15) is 5.75 Å². The molecule has 0 amide bonds. The maximum absolute atomic E-state index is 9.29. The number of rotatable bonds is 7. The molecule has 1 aliphatic heterocycles. The molecule has 5 nitrogen and oxygen atoms in total. The van der Waals surface area contributed by atoms with Crippen LogP contribution in [0.4, 0.5) is 0 Å². The molecule has 1 atom stereocenters. The first kappa shape index (κ1) is 21.0. The van der Waals surface area contributed by atoms with Crippen LogP contribution in [0.1, 0.15) is 51.1 Å². The topological polar surface area (TPSA) is 79.9 Å². The van der Waals surface area contributed by atoms with Crippen molar-refractivity contribution in [3.63, 3.8) is 0 Å². The van der Waals surface area contributed by atoms with E-state index in [1.807, 2.05) is 18.2 Å². The van der Waals surface area contributed by atoms with Crippen LogP contribution in [-0.4, -0.2) is 30.8 Å². The summed E-state index contributed by atoms with van der Waals surface area (Å²) in [6, 6.07) is 8.17. The lowest BCUT2D eigenvalue weighted by atomic mass is 9.79. The average Bonchev–Trinajstić information content (AvgIpc) is 2.59. The predicted octanol–water partition coefficient (Wildman–Crippen LogP) is 3.22. The third kappa shape index (κ3) is 5.24. The molecule has 1 aromatic rings. The minimum atomic E-state index is 0. The fourth-order valence-corrected chi connectivity index (χ4v) is 3.11. The smallest absolute Gasteiger partial charge is 0.189 e. The van der Waals surface area contributed by atoms with Crippen LogP contribution in [0.2, 0.25) is 0 Å². The number of ether oxygens (including phenoxy) is 1. The molecule has 1 heterocycles. The molecule has 0 aromatic heterocycles. The van der Waals surface area contributed by atoms with Gasteiger partial charge in [-0.2, -0.15) is 0 Å². The molecule has 1 unspecified atom stereocenters. The van der Waals surface area contributed by atoms with E-state index < -0.39 is 0 Å². The number of guanidine groups is 1. The van der Waals surface area contributed by atoms with Gasteiger partial charge in [-0.3, -0.25) is 4.99 Å². The zero-order valence-electron chi connectivity index (χ0n) is 14.6. The Bertz CT molecular complexity index is 533. The number of nitrogens with one attached hydrogen (secondary N) is 1. The summed E-state index contributed by atoms with van der Waals surface area (Å²) in [4.78, 5) is 4.56. The lowest BCUT2D eigenvalue weighted by Gasteiger charge is -2.30. The van der Waals surface area contributed by atoms with Crippen LogP contribution in [0.5, 0.6) is 5.75 Å². The number of aliphatic hydroxyl groups is 1. The van der Waals surface area contributed by atoms with Crippen molar-refractivity contribution >= 4 is 29.9 Å². The van der Waals surface area contributed by atoms with Gasteiger partial charge in [-0.1, -0.05) is 32.0 Å². The molecule has 0 saturated carbocycles. The van der Waals surface area contributed by atoms with Gasteiger partial charge in [0.05, 0.1) is 12.6 Å². The second-order valence-corrected chi connectivity index (χ2v) is 6.25. The molecule has 0 bridgehead atoms. The third-order valence-electron chi connectivity index (χ3n) is 5.01. The molecule has 2 rings (SSSR count). The number of nitrogens with zero attached hydrogens (tertiary/aromatic N) is 1. The van der Waals surface area contributed by atoms with Gasteiger partial charge in [0.25, 0.3) is 0 Å². The molecule has 4 N–H and O–H groups in total. The molecule has 1 aliphatic rings. The van der Waals surface area contributed by atoms with Gasteiger partial charge < -0.3 is 20.9 Å². The van der Waals surface area contributed by atoms with Crippen molar-refractivity contribution < 1.29 is 9.84 Å². The van der Waals surface area contributed by atoms with Crippen molar-refractivity contribution in [2.75, 3.05) is 19.8 Å². The molecule has 24 heavy (non-hydrogen) atoms. The van der Waals surface area contributed by atoms with Gasteiger partial charge in [-0.15, -0.1) is 24.0 Å². The molecule has 0 spiro atoms. The maximum Gasteiger partial charge on any atom is 0.189 e. The van der Waals surface area contributed by atoms with Gasteiger partial charge in [0.15, 0.2) is 5.96 Å². The van der Waals surface area contributed by atoms with E-state index in [1.54, 1.807) is 0 Å². The first-order valence-electron chi connectivity index (χ1n) is 8.53. The normalized spacial score (nSPS) is 17.5. The highest BCUT2D eigenvalue weighted by molar-refractivity contribution is 14.0. The van der Waals surface area contributed by atoms with Crippen LogP contribution in [0.15, 0.2) is 29.3 Å². The lowest BCUT2D eigenvalue weighted by Crippen LogP contribution is -2.38. The van der Waals surface area contributed by atoms with Crippen molar-refractivity contribution in [2.45, 2.75) is 45.6 Å². The molecule has 0 radical (unpaired) electrons. The first-order valence-corrected chi connectivity index (χ1v) is 8.53. The number of fused-ring (bicyclic) bond motifs is 1. The molecular formula is C18H30IN3O2. The number of halogens is 1. The maximum atomic E-state index is 9.29. The number of nitrogens with two attached hydrogens (primary N) is 1. The molecule has 0 aliphatic carbocycles. The predicted molar refractivity (Wildman–Crippen MR) is 109 cm³/mol. The minimum absolute atomic E-state index is 0. The minimum Gasteiger partial charge on any atom is -0.493 e. The Kier molecular flexibility index (Phi) is 8.83. The Hall–Kier alpha value is -1.02. The van der Waals surface area contributed by atoms with E-state index in [0.29, 0.717) is 19.1 Å². The number of aliphatic imine (C=N–C) groups is 1. The lowest BCUT2D eigenvalue weighted by molar-refractivity contribution is 0.175. The van der Waals surface area contributed by atoms with E-state index in [-0.39, 0.29) is 42.0 Å². The van der Waals surface area contributed by atoms with E-state index in [4.69, 9.17) is 10.5 Å². The van der Waals surface area contributed by atoms with Crippen LogP contribution in [-0.2, 0) is 0 Å². The molecule has 0 saturated heterocycles. The van der Waals surface area contributed by atoms with Gasteiger partial charge in [0, 0.05) is 25.1 Å². The highest BCUT2D eigenvalue weighted by Gasteiger charge is 2.26. The van der Waals surface area contributed by atoms with Crippen molar-refractivity contribution in [3.8, 4) is 5.75 Å². The molecule has 1 aromatic carbocycles. The Balaban J connectivity index is 0.00000288. The van der Waals surface area contributed by atoms with Crippen LogP contribution in [0.25, 0.3) is 0 Å². The average molecular weight is 447 g/mol. The summed E-state index contributed by atoms with van der Waals surface area (Å²) in [6.07, 6.45) is 3.61. The van der Waals surface area contributed by atoms with E-state index >= 15 is 0 Å². The van der Waals surface area contributed by atoms with Gasteiger partial charge >= 0.3 is 0 Å².